The molecule has 2 aromatic carbocycles. The summed E-state index contributed by atoms with van der Waals surface area (Å²) >= 11 is 6.53. The van der Waals surface area contributed by atoms with Gasteiger partial charge in [-0.2, -0.15) is 20.2 Å². The first kappa shape index (κ1) is 17.9. The van der Waals surface area contributed by atoms with Crippen molar-refractivity contribution in [2.45, 2.75) is 4.90 Å². The summed E-state index contributed by atoms with van der Waals surface area (Å²) in [6.45, 7) is 0. The van der Waals surface area contributed by atoms with E-state index in [2.05, 4.69) is 35.0 Å². The van der Waals surface area contributed by atoms with Gasteiger partial charge < -0.3 is 10.4 Å². The molecule has 3 rings (SSSR count). The first-order valence-corrected chi connectivity index (χ1v) is 7.96. The van der Waals surface area contributed by atoms with Gasteiger partial charge in [-0.3, -0.25) is 5.32 Å². The van der Waals surface area contributed by atoms with Crippen molar-refractivity contribution >= 4 is 52.0 Å². The van der Waals surface area contributed by atoms with Crippen LogP contribution >= 0.6 is 23.6 Å². The lowest BCUT2D eigenvalue weighted by molar-refractivity contribution is -0.432. The van der Waals surface area contributed by atoms with Gasteiger partial charge in [0.25, 0.3) is 0 Å². The van der Waals surface area contributed by atoms with Gasteiger partial charge in [-0.15, -0.1) is 4.33 Å². The van der Waals surface area contributed by atoms with E-state index >= 15 is 0 Å². The molecule has 0 atom stereocenters. The van der Waals surface area contributed by atoms with Crippen molar-refractivity contribution in [3.63, 3.8) is 0 Å². The lowest BCUT2D eigenvalue weighted by atomic mass is 10.1. The number of rotatable bonds is 6. The number of hydrogen-bond acceptors (Lipinski definition) is 11. The summed E-state index contributed by atoms with van der Waals surface area (Å²) < 4.78 is 4.37. The van der Waals surface area contributed by atoms with E-state index in [4.69, 9.17) is 22.1 Å². The van der Waals surface area contributed by atoms with Crippen molar-refractivity contribution in [1.82, 2.24) is 15.0 Å². The minimum atomic E-state index is -0.0847. The molecule has 10 nitrogen and oxygen atoms in total. The maximum Gasteiger partial charge on any atom is 0.242 e. The van der Waals surface area contributed by atoms with E-state index in [0.717, 1.165) is 12.0 Å². The molecule has 0 unspecified atom stereocenters. The topological polar surface area (TPSA) is 145 Å². The number of anilines is 3. The lowest BCUT2D eigenvalue weighted by Gasteiger charge is -2.09. The third kappa shape index (κ3) is 4.20. The molecule has 0 aliphatic carbocycles. The van der Waals surface area contributed by atoms with Gasteiger partial charge in [-0.05, 0) is 47.3 Å². The maximum absolute atomic E-state index is 10.1. The smallest absolute Gasteiger partial charge is 0.242 e. The van der Waals surface area contributed by atoms with Crippen LogP contribution in [-0.2, 0) is 9.37 Å². The Labute approximate surface area is 155 Å². The Balaban J connectivity index is 1.92. The summed E-state index contributed by atoms with van der Waals surface area (Å²) in [7, 11) is 0. The van der Waals surface area contributed by atoms with Gasteiger partial charge in [-0.25, -0.2) is 5.26 Å². The molecule has 1 aromatic heterocycles. The van der Waals surface area contributed by atoms with Crippen molar-refractivity contribution < 1.29 is 19.7 Å². The van der Waals surface area contributed by atoms with Crippen LogP contribution in [0.4, 0.5) is 17.6 Å². The van der Waals surface area contributed by atoms with E-state index in [-0.39, 0.29) is 22.9 Å². The van der Waals surface area contributed by atoms with E-state index in [1.807, 2.05) is 0 Å². The largest absolute Gasteiger partial charge is 0.507 e. The molecule has 0 bridgehead atoms. The molecule has 0 aliphatic rings. The fraction of sp³-hybridized carbons (Fsp3) is 0. The first-order chi connectivity index (χ1) is 12.6. The number of hydrogen-bond donors (Lipinski definition) is 4. The maximum atomic E-state index is 10.1. The number of nitrogens with zero attached hydrogens (tertiary/aromatic N) is 4. The van der Waals surface area contributed by atoms with Gasteiger partial charge in [0.1, 0.15) is 5.75 Å². The normalized spacial score (nSPS) is 10.5. The quantitative estimate of drug-likeness (QED) is 0.161. The van der Waals surface area contributed by atoms with Gasteiger partial charge in [-0.1, -0.05) is 5.04 Å². The Morgan fingerprint density at radius 2 is 1.96 bits per heavy atom. The average molecular weight is 393 g/mol. The first-order valence-electron chi connectivity index (χ1n) is 6.84. The highest BCUT2D eigenvalue weighted by atomic mass is 35.5. The van der Waals surface area contributed by atoms with E-state index in [1.165, 1.54) is 6.07 Å². The number of phenolic OH excluding ortho intramolecular Hbond substituents is 1. The molecule has 1 heterocycles. The molecule has 26 heavy (non-hydrogen) atoms. The third-order valence-corrected chi connectivity index (χ3v) is 3.82. The van der Waals surface area contributed by atoms with E-state index in [9.17, 15) is 5.11 Å². The van der Waals surface area contributed by atoms with Crippen LogP contribution in [0.15, 0.2) is 35.2 Å². The minimum absolute atomic E-state index is 0.00766. The molecule has 0 spiro atoms. The Kier molecular flexibility index (Phi) is 5.52. The summed E-state index contributed by atoms with van der Waals surface area (Å²) in [5.74, 6) is 0.170. The number of halogens is 1. The van der Waals surface area contributed by atoms with Crippen LogP contribution in [0.25, 0.3) is 10.8 Å². The molecule has 12 heteroatoms. The molecule has 132 valence electrons. The van der Waals surface area contributed by atoms with Gasteiger partial charge >= 0.3 is 0 Å². The molecule has 4 N–H and O–H groups in total. The summed E-state index contributed by atoms with van der Waals surface area (Å²) in [6.07, 6.45) is 1.70. The van der Waals surface area contributed by atoms with E-state index < -0.39 is 0 Å². The second kappa shape index (κ2) is 8.00. The second-order valence-corrected chi connectivity index (χ2v) is 5.83. The van der Waals surface area contributed by atoms with Crippen LogP contribution < -0.4 is 10.6 Å². The summed E-state index contributed by atoms with van der Waals surface area (Å²) in [5.41, 5.74) is 0.601. The lowest BCUT2D eigenvalue weighted by Crippen LogP contribution is -2.03. The van der Waals surface area contributed by atoms with E-state index in [0.29, 0.717) is 21.4 Å². The monoisotopic (exact) mass is 392 g/mol. The van der Waals surface area contributed by atoms with Crippen LogP contribution in [0.5, 0.6) is 5.75 Å². The van der Waals surface area contributed by atoms with Gasteiger partial charge in [0.2, 0.25) is 17.2 Å². The standard InChI is InChI=1S/C14H9ClN6O4S/c15-12-19-13(17-6-16)21-14(20-12)18-8-1-2-10-7(3-8)4-9(5-11(10)22)26-25-24-23/h1-5,22-23H,(H2,17,18,19,20,21). The summed E-state index contributed by atoms with van der Waals surface area (Å²) in [4.78, 5) is 12.2. The number of aromatic nitrogens is 3. The van der Waals surface area contributed by atoms with Gasteiger partial charge in [0.05, 0.1) is 12.0 Å². The Morgan fingerprint density at radius 3 is 2.73 bits per heavy atom. The zero-order chi connectivity index (χ0) is 18.5. The second-order valence-electron chi connectivity index (χ2n) is 4.72. The molecule has 3 aromatic rings. The highest BCUT2D eigenvalue weighted by Crippen LogP contribution is 2.33. The number of nitriles is 1. The zero-order valence-electron chi connectivity index (χ0n) is 12.7. The summed E-state index contributed by atoms with van der Waals surface area (Å²) in [5, 5.41) is 36.9. The van der Waals surface area contributed by atoms with Crippen molar-refractivity contribution in [1.29, 1.82) is 5.26 Å². The molecule has 0 fully saturated rings. The SMILES string of the molecule is N#CNc1nc(Cl)nc(Nc2ccc3c(O)cc(SOOO)cc3c2)n1. The molecule has 0 radical (unpaired) electrons. The minimum Gasteiger partial charge on any atom is -0.507 e. The molecular formula is C14H9ClN6O4S. The highest BCUT2D eigenvalue weighted by molar-refractivity contribution is 7.94. The number of benzene rings is 2. The van der Waals surface area contributed by atoms with Crippen LogP contribution in [0.3, 0.4) is 0 Å². The summed E-state index contributed by atoms with van der Waals surface area (Å²) in [6, 6.07) is 8.31. The van der Waals surface area contributed by atoms with Crippen molar-refractivity contribution in [2.24, 2.45) is 0 Å². The van der Waals surface area contributed by atoms with Crippen LogP contribution in [-0.4, -0.2) is 25.3 Å². The van der Waals surface area contributed by atoms with E-state index in [1.54, 1.807) is 30.5 Å². The van der Waals surface area contributed by atoms with Crippen LogP contribution in [0, 0.1) is 11.5 Å². The highest BCUT2D eigenvalue weighted by Gasteiger charge is 2.09. The zero-order valence-corrected chi connectivity index (χ0v) is 14.2. The van der Waals surface area contributed by atoms with Gasteiger partial charge in [0.15, 0.2) is 6.19 Å². The number of phenols is 1. The molecule has 0 amide bonds. The predicted molar refractivity (Wildman–Crippen MR) is 93.6 cm³/mol. The molecule has 0 saturated heterocycles. The number of aromatic hydroxyl groups is 1. The fourth-order valence-electron chi connectivity index (χ4n) is 2.14. The number of fused-ring (bicyclic) bond motifs is 1. The Morgan fingerprint density at radius 1 is 1.15 bits per heavy atom. The molecule has 0 aliphatic heterocycles. The molecule has 0 saturated carbocycles. The third-order valence-electron chi connectivity index (χ3n) is 3.10. The predicted octanol–water partition coefficient (Wildman–Crippen LogP) is 3.45. The van der Waals surface area contributed by atoms with Crippen molar-refractivity contribution in [2.75, 3.05) is 10.6 Å². The van der Waals surface area contributed by atoms with Crippen molar-refractivity contribution in [3.8, 4) is 11.9 Å². The van der Waals surface area contributed by atoms with Crippen LogP contribution in [0.1, 0.15) is 0 Å². The molecular weight excluding hydrogens is 384 g/mol. The Hall–Kier alpha value is -2.88. The fourth-order valence-corrected chi connectivity index (χ4v) is 2.75. The average Bonchev–Trinajstić information content (AvgIpc) is 2.59. The van der Waals surface area contributed by atoms with Gasteiger partial charge in [0, 0.05) is 16.0 Å². The van der Waals surface area contributed by atoms with Crippen molar-refractivity contribution in [3.05, 3.63) is 35.6 Å². The number of nitrogens with one attached hydrogen (secondary N) is 2. The van der Waals surface area contributed by atoms with Crippen LogP contribution in [0.2, 0.25) is 5.28 Å². The Bertz CT molecular complexity index is 999.